The first-order valence-corrected chi connectivity index (χ1v) is 13.6. The van der Waals surface area contributed by atoms with Gasteiger partial charge in [-0.3, -0.25) is 14.2 Å². The number of hydrogen-bond acceptors (Lipinski definition) is 5. The number of rotatable bonds is 8. The van der Waals surface area contributed by atoms with Gasteiger partial charge < -0.3 is 10.2 Å². The fourth-order valence-corrected chi connectivity index (χ4v) is 5.26. The van der Waals surface area contributed by atoms with Gasteiger partial charge in [0.05, 0.1) is 22.3 Å². The van der Waals surface area contributed by atoms with Gasteiger partial charge in [0.15, 0.2) is 5.16 Å². The van der Waals surface area contributed by atoms with Crippen molar-refractivity contribution in [2.75, 3.05) is 16.0 Å². The number of para-hydroxylation sites is 2. The van der Waals surface area contributed by atoms with Crippen molar-refractivity contribution in [3.05, 3.63) is 119 Å². The molecule has 1 amide bonds. The van der Waals surface area contributed by atoms with Gasteiger partial charge in [0, 0.05) is 29.2 Å². The highest BCUT2D eigenvalue weighted by Crippen LogP contribution is 2.29. The molecule has 0 atom stereocenters. The van der Waals surface area contributed by atoms with E-state index in [9.17, 15) is 18.4 Å². The van der Waals surface area contributed by atoms with Crippen LogP contribution < -0.4 is 15.8 Å². The van der Waals surface area contributed by atoms with Crippen molar-refractivity contribution in [1.82, 2.24) is 9.55 Å². The van der Waals surface area contributed by atoms with E-state index in [-0.39, 0.29) is 33.9 Å². The Morgan fingerprint density at radius 1 is 0.925 bits per heavy atom. The topological polar surface area (TPSA) is 67.2 Å². The van der Waals surface area contributed by atoms with Crippen molar-refractivity contribution < 1.29 is 13.6 Å². The monoisotopic (exact) mass is 556 g/mol. The number of nitrogens with zero attached hydrogens (tertiary/aromatic N) is 3. The van der Waals surface area contributed by atoms with Crippen LogP contribution in [0, 0.1) is 11.6 Å². The molecule has 0 aliphatic heterocycles. The van der Waals surface area contributed by atoms with E-state index in [1.807, 2.05) is 54.6 Å². The SMILES string of the molecule is CC(C)N(c1ccccc1)c1ccc(NC(=O)CSc2nc3ccccc3c(=O)n2-c2ccc(F)cc2F)cc1. The maximum atomic E-state index is 14.7. The van der Waals surface area contributed by atoms with Crippen LogP contribution in [0.3, 0.4) is 0 Å². The number of benzene rings is 4. The third-order valence-corrected chi connectivity index (χ3v) is 7.15. The molecule has 0 saturated carbocycles. The van der Waals surface area contributed by atoms with Crippen molar-refractivity contribution in [3.8, 4) is 5.69 Å². The molecule has 40 heavy (non-hydrogen) atoms. The summed E-state index contributed by atoms with van der Waals surface area (Å²) in [6, 6.07) is 27.4. The molecular formula is C31H26F2N4O2S. The minimum atomic E-state index is -0.906. The smallest absolute Gasteiger partial charge is 0.266 e. The average Bonchev–Trinajstić information content (AvgIpc) is 2.94. The van der Waals surface area contributed by atoms with E-state index >= 15 is 0 Å². The lowest BCUT2D eigenvalue weighted by Crippen LogP contribution is -2.25. The van der Waals surface area contributed by atoms with E-state index < -0.39 is 17.2 Å². The number of thioether (sulfide) groups is 1. The highest BCUT2D eigenvalue weighted by Gasteiger charge is 2.18. The standard InChI is InChI=1S/C31H26F2N4O2S/c1-20(2)36(23-8-4-3-5-9-23)24-15-13-22(14-16-24)34-29(38)19-40-31-35-27-11-7-6-10-25(27)30(39)37(31)28-17-12-21(32)18-26(28)33/h3-18,20H,19H2,1-2H3,(H,34,38). The molecule has 0 bridgehead atoms. The second-order valence-electron chi connectivity index (χ2n) is 9.33. The molecule has 6 nitrogen and oxygen atoms in total. The van der Waals surface area contributed by atoms with Crippen LogP contribution in [-0.4, -0.2) is 27.3 Å². The number of hydrogen-bond donors (Lipinski definition) is 1. The lowest BCUT2D eigenvalue weighted by Gasteiger charge is -2.29. The first-order valence-electron chi connectivity index (χ1n) is 12.7. The van der Waals surface area contributed by atoms with Crippen molar-refractivity contribution in [2.24, 2.45) is 0 Å². The van der Waals surface area contributed by atoms with Gasteiger partial charge in [-0.2, -0.15) is 0 Å². The van der Waals surface area contributed by atoms with E-state index in [0.717, 1.165) is 33.8 Å². The number of aromatic nitrogens is 2. The van der Waals surface area contributed by atoms with E-state index in [2.05, 4.69) is 29.0 Å². The number of anilines is 3. The van der Waals surface area contributed by atoms with Crippen molar-refractivity contribution in [1.29, 1.82) is 0 Å². The first-order chi connectivity index (χ1) is 19.3. The Hall–Kier alpha value is -4.50. The zero-order chi connectivity index (χ0) is 28.2. The molecule has 5 aromatic rings. The lowest BCUT2D eigenvalue weighted by atomic mass is 10.2. The van der Waals surface area contributed by atoms with Gasteiger partial charge in [0.25, 0.3) is 5.56 Å². The summed E-state index contributed by atoms with van der Waals surface area (Å²) < 4.78 is 29.4. The summed E-state index contributed by atoms with van der Waals surface area (Å²) in [6.07, 6.45) is 0. The quantitative estimate of drug-likeness (QED) is 0.166. The summed E-state index contributed by atoms with van der Waals surface area (Å²) in [5, 5.41) is 3.26. The van der Waals surface area contributed by atoms with Crippen LogP contribution in [-0.2, 0) is 4.79 Å². The second-order valence-corrected chi connectivity index (χ2v) is 10.3. The zero-order valence-corrected chi connectivity index (χ0v) is 22.7. The van der Waals surface area contributed by atoms with Crippen LogP contribution in [0.2, 0.25) is 0 Å². The molecule has 0 unspecified atom stereocenters. The fraction of sp³-hybridized carbons (Fsp3) is 0.129. The predicted molar refractivity (Wildman–Crippen MR) is 157 cm³/mol. The van der Waals surface area contributed by atoms with Gasteiger partial charge in [0.1, 0.15) is 11.6 Å². The molecule has 0 aliphatic carbocycles. The van der Waals surface area contributed by atoms with E-state index in [1.165, 1.54) is 6.07 Å². The van der Waals surface area contributed by atoms with Gasteiger partial charge in [-0.25, -0.2) is 13.8 Å². The molecule has 0 aliphatic rings. The number of halogens is 2. The minimum absolute atomic E-state index is 0.0858. The van der Waals surface area contributed by atoms with E-state index in [0.29, 0.717) is 17.3 Å². The molecule has 5 rings (SSSR count). The van der Waals surface area contributed by atoms with E-state index in [4.69, 9.17) is 0 Å². The molecule has 0 radical (unpaired) electrons. The Bertz CT molecular complexity index is 1720. The van der Waals surface area contributed by atoms with E-state index in [1.54, 1.807) is 24.3 Å². The van der Waals surface area contributed by atoms with Gasteiger partial charge in [0.2, 0.25) is 5.91 Å². The highest BCUT2D eigenvalue weighted by atomic mass is 32.2. The molecule has 1 heterocycles. The first kappa shape index (κ1) is 27.1. The van der Waals surface area contributed by atoms with Gasteiger partial charge in [-0.05, 0) is 74.5 Å². The lowest BCUT2D eigenvalue weighted by molar-refractivity contribution is -0.113. The normalized spacial score (nSPS) is 11.1. The Kier molecular flexibility index (Phi) is 7.93. The van der Waals surface area contributed by atoms with Crippen molar-refractivity contribution in [3.63, 3.8) is 0 Å². The molecule has 1 aromatic heterocycles. The molecule has 1 N–H and O–H groups in total. The van der Waals surface area contributed by atoms with Gasteiger partial charge in [-0.1, -0.05) is 42.1 Å². The third-order valence-electron chi connectivity index (χ3n) is 6.21. The fourth-order valence-electron chi connectivity index (χ4n) is 4.45. The molecule has 0 spiro atoms. The predicted octanol–water partition coefficient (Wildman–Crippen LogP) is 6.94. The number of amides is 1. The minimum Gasteiger partial charge on any atom is -0.339 e. The largest absolute Gasteiger partial charge is 0.339 e. The van der Waals surface area contributed by atoms with Crippen LogP contribution in [0.25, 0.3) is 16.6 Å². The van der Waals surface area contributed by atoms with Crippen LogP contribution in [0.15, 0.2) is 107 Å². The van der Waals surface area contributed by atoms with Gasteiger partial charge >= 0.3 is 0 Å². The molecule has 4 aromatic carbocycles. The third kappa shape index (κ3) is 5.74. The average molecular weight is 557 g/mol. The molecular weight excluding hydrogens is 530 g/mol. The molecule has 0 fully saturated rings. The van der Waals surface area contributed by atoms with Crippen LogP contribution in [0.1, 0.15) is 13.8 Å². The summed E-state index contributed by atoms with van der Waals surface area (Å²) in [4.78, 5) is 32.9. The van der Waals surface area contributed by atoms with Crippen molar-refractivity contribution >= 4 is 45.6 Å². The number of carbonyl (C=O) groups is 1. The molecule has 202 valence electrons. The summed E-state index contributed by atoms with van der Waals surface area (Å²) in [5.41, 5.74) is 2.42. The zero-order valence-electron chi connectivity index (χ0n) is 21.8. The summed E-state index contributed by atoms with van der Waals surface area (Å²) in [6.45, 7) is 4.22. The Morgan fingerprint density at radius 2 is 1.60 bits per heavy atom. The molecule has 0 saturated heterocycles. The Balaban J connectivity index is 1.36. The van der Waals surface area contributed by atoms with Crippen LogP contribution in [0.5, 0.6) is 0 Å². The van der Waals surface area contributed by atoms with Crippen LogP contribution >= 0.6 is 11.8 Å². The Labute approximate surface area is 234 Å². The van der Waals surface area contributed by atoms with Gasteiger partial charge in [-0.15, -0.1) is 0 Å². The van der Waals surface area contributed by atoms with Crippen LogP contribution in [0.4, 0.5) is 25.8 Å². The van der Waals surface area contributed by atoms with Crippen molar-refractivity contribution in [2.45, 2.75) is 25.0 Å². The highest BCUT2D eigenvalue weighted by molar-refractivity contribution is 7.99. The second kappa shape index (κ2) is 11.7. The number of carbonyl (C=O) groups excluding carboxylic acids is 1. The number of fused-ring (bicyclic) bond motifs is 1. The summed E-state index contributed by atoms with van der Waals surface area (Å²) >= 11 is 0.992. The maximum absolute atomic E-state index is 14.7. The summed E-state index contributed by atoms with van der Waals surface area (Å²) in [7, 11) is 0. The summed E-state index contributed by atoms with van der Waals surface area (Å²) in [5.74, 6) is -2.08. The number of nitrogens with one attached hydrogen (secondary N) is 1. The molecule has 9 heteroatoms. The maximum Gasteiger partial charge on any atom is 0.266 e. The Morgan fingerprint density at radius 3 is 2.30 bits per heavy atom.